The first-order valence-corrected chi connectivity index (χ1v) is 5.57. The first-order chi connectivity index (χ1) is 7.85. The molecular formula is C11H21NO5. The Balaban J connectivity index is 3.99. The zero-order valence-electron chi connectivity index (χ0n) is 10.5. The normalized spacial score (nSPS) is 13.0. The van der Waals surface area contributed by atoms with Gasteiger partial charge in [-0.05, 0) is 6.92 Å². The molecule has 3 N–H and O–H groups in total. The van der Waals surface area contributed by atoms with Crippen LogP contribution in [0.4, 0.5) is 0 Å². The predicted molar refractivity (Wildman–Crippen MR) is 61.1 cm³/mol. The first kappa shape index (κ1) is 15.9. The van der Waals surface area contributed by atoms with Crippen molar-refractivity contribution in [3.63, 3.8) is 0 Å². The summed E-state index contributed by atoms with van der Waals surface area (Å²) in [7, 11) is 0. The van der Waals surface area contributed by atoms with Gasteiger partial charge in [0.05, 0.1) is 19.6 Å². The number of nitrogens with one attached hydrogen (secondary N) is 1. The van der Waals surface area contributed by atoms with Crippen LogP contribution in [-0.2, 0) is 14.3 Å². The molecule has 0 bridgehead atoms. The van der Waals surface area contributed by atoms with Crippen LogP contribution in [0.5, 0.6) is 0 Å². The zero-order chi connectivity index (χ0) is 13.5. The molecular weight excluding hydrogens is 226 g/mol. The molecule has 0 fully saturated rings. The topological polar surface area (TPSA) is 95.9 Å². The maximum Gasteiger partial charge on any atom is 0.307 e. The summed E-state index contributed by atoms with van der Waals surface area (Å²) < 4.78 is 4.68. The number of hydrogen-bond acceptors (Lipinski definition) is 5. The second-order valence-corrected chi connectivity index (χ2v) is 4.40. The summed E-state index contributed by atoms with van der Waals surface area (Å²) in [5.74, 6) is -1.00. The predicted octanol–water partition coefficient (Wildman–Crippen LogP) is -0.565. The molecule has 1 atom stereocenters. The van der Waals surface area contributed by atoms with Crippen molar-refractivity contribution < 1.29 is 24.5 Å². The zero-order valence-corrected chi connectivity index (χ0v) is 10.5. The highest BCUT2D eigenvalue weighted by molar-refractivity contribution is 5.81. The smallest absolute Gasteiger partial charge is 0.307 e. The molecule has 0 aliphatic carbocycles. The van der Waals surface area contributed by atoms with Gasteiger partial charge < -0.3 is 20.3 Å². The van der Waals surface area contributed by atoms with Gasteiger partial charge in [-0.25, -0.2) is 0 Å². The molecule has 1 unspecified atom stereocenters. The summed E-state index contributed by atoms with van der Waals surface area (Å²) in [6.45, 7) is 4.94. The van der Waals surface area contributed by atoms with Crippen molar-refractivity contribution in [2.45, 2.75) is 33.3 Å². The third-order valence-corrected chi connectivity index (χ3v) is 2.33. The van der Waals surface area contributed by atoms with Crippen LogP contribution >= 0.6 is 0 Å². The number of aliphatic hydroxyl groups excluding tert-OH is 2. The summed E-state index contributed by atoms with van der Waals surface area (Å²) in [5, 5.41) is 21.0. The molecule has 6 nitrogen and oxygen atoms in total. The summed E-state index contributed by atoms with van der Waals surface area (Å²) >= 11 is 0. The summed E-state index contributed by atoms with van der Waals surface area (Å²) in [6, 6.07) is 0. The van der Waals surface area contributed by atoms with E-state index in [1.807, 2.05) is 0 Å². The minimum absolute atomic E-state index is 0.0614. The second kappa shape index (κ2) is 7.24. The lowest BCUT2D eigenvalue weighted by atomic mass is 9.87. The van der Waals surface area contributed by atoms with E-state index in [9.17, 15) is 14.7 Å². The van der Waals surface area contributed by atoms with Gasteiger partial charge in [-0.15, -0.1) is 0 Å². The Morgan fingerprint density at radius 1 is 1.41 bits per heavy atom. The quantitative estimate of drug-likeness (QED) is 0.524. The van der Waals surface area contributed by atoms with Gasteiger partial charge in [-0.2, -0.15) is 0 Å². The highest BCUT2D eigenvalue weighted by Gasteiger charge is 2.32. The van der Waals surface area contributed by atoms with E-state index >= 15 is 0 Å². The molecule has 0 heterocycles. The lowest BCUT2D eigenvalue weighted by Crippen LogP contribution is -2.46. The van der Waals surface area contributed by atoms with Crippen molar-refractivity contribution in [2.75, 3.05) is 19.8 Å². The molecule has 0 saturated heterocycles. The summed E-state index contributed by atoms with van der Waals surface area (Å²) in [6.07, 6.45) is -1.25. The van der Waals surface area contributed by atoms with E-state index in [1.54, 1.807) is 20.8 Å². The Kier molecular flexibility index (Phi) is 6.75. The third kappa shape index (κ3) is 5.65. The van der Waals surface area contributed by atoms with Crippen LogP contribution in [0.3, 0.4) is 0 Å². The van der Waals surface area contributed by atoms with Gasteiger partial charge in [0.2, 0.25) is 5.91 Å². The van der Waals surface area contributed by atoms with Crippen molar-refractivity contribution >= 4 is 11.9 Å². The molecule has 0 rings (SSSR count). The number of esters is 1. The average molecular weight is 247 g/mol. The molecule has 100 valence electrons. The van der Waals surface area contributed by atoms with Gasteiger partial charge in [-0.1, -0.05) is 13.8 Å². The minimum atomic E-state index is -1.31. The lowest BCUT2D eigenvalue weighted by Gasteiger charge is -2.27. The Hall–Kier alpha value is -1.14. The first-order valence-electron chi connectivity index (χ1n) is 5.57. The van der Waals surface area contributed by atoms with Crippen LogP contribution in [0.2, 0.25) is 0 Å². The fraction of sp³-hybridized carbons (Fsp3) is 0.818. The van der Waals surface area contributed by atoms with Gasteiger partial charge in [0, 0.05) is 12.0 Å². The van der Waals surface area contributed by atoms with E-state index in [2.05, 4.69) is 10.1 Å². The number of aliphatic hydroxyl groups is 2. The van der Waals surface area contributed by atoms with Crippen molar-refractivity contribution in [1.29, 1.82) is 0 Å². The fourth-order valence-corrected chi connectivity index (χ4v) is 1.06. The number of carbonyl (C=O) groups excluding carboxylic acids is 2. The number of carbonyl (C=O) groups is 2. The van der Waals surface area contributed by atoms with Crippen molar-refractivity contribution in [3.8, 4) is 0 Å². The molecule has 0 aliphatic heterocycles. The highest BCUT2D eigenvalue weighted by atomic mass is 16.5. The van der Waals surface area contributed by atoms with Crippen LogP contribution < -0.4 is 5.32 Å². The number of rotatable bonds is 7. The fourth-order valence-electron chi connectivity index (χ4n) is 1.06. The van der Waals surface area contributed by atoms with Crippen LogP contribution in [0.25, 0.3) is 0 Å². The molecule has 0 aromatic rings. The van der Waals surface area contributed by atoms with E-state index in [-0.39, 0.29) is 19.6 Å². The molecule has 0 radical (unpaired) electrons. The van der Waals surface area contributed by atoms with Crippen molar-refractivity contribution in [1.82, 2.24) is 5.32 Å². The van der Waals surface area contributed by atoms with Gasteiger partial charge in [-0.3, -0.25) is 9.59 Å². The van der Waals surface area contributed by atoms with E-state index in [4.69, 9.17) is 5.11 Å². The molecule has 0 aromatic carbocycles. The lowest BCUT2D eigenvalue weighted by molar-refractivity contribution is -0.143. The average Bonchev–Trinajstić information content (AvgIpc) is 2.28. The Bertz CT molecular complexity index is 265. The summed E-state index contributed by atoms with van der Waals surface area (Å²) in [4.78, 5) is 22.4. The van der Waals surface area contributed by atoms with Crippen molar-refractivity contribution in [3.05, 3.63) is 0 Å². The largest absolute Gasteiger partial charge is 0.466 e. The standard InChI is InChI=1S/C11H21NO5/c1-4-17-8(14)5-6-12-10(16)9(15)11(2,3)7-13/h9,13,15H,4-7H2,1-3H3,(H,12,16). The minimum Gasteiger partial charge on any atom is -0.466 e. The van der Waals surface area contributed by atoms with Gasteiger partial charge in [0.15, 0.2) is 0 Å². The second-order valence-electron chi connectivity index (χ2n) is 4.40. The summed E-state index contributed by atoms with van der Waals surface area (Å²) in [5.41, 5.74) is -0.909. The Morgan fingerprint density at radius 2 is 2.00 bits per heavy atom. The molecule has 0 spiro atoms. The molecule has 0 aliphatic rings. The van der Waals surface area contributed by atoms with Gasteiger partial charge in [0.25, 0.3) is 0 Å². The van der Waals surface area contributed by atoms with Crippen LogP contribution in [0, 0.1) is 5.41 Å². The highest BCUT2D eigenvalue weighted by Crippen LogP contribution is 2.19. The van der Waals surface area contributed by atoms with Crippen molar-refractivity contribution in [2.24, 2.45) is 5.41 Å². The van der Waals surface area contributed by atoms with E-state index in [0.717, 1.165) is 0 Å². The number of amides is 1. The van der Waals surface area contributed by atoms with E-state index in [0.29, 0.717) is 6.61 Å². The molecule has 6 heteroatoms. The molecule has 1 amide bonds. The molecule has 0 aromatic heterocycles. The maximum atomic E-state index is 11.5. The maximum absolute atomic E-state index is 11.5. The number of ether oxygens (including phenoxy) is 1. The van der Waals surface area contributed by atoms with Gasteiger partial charge >= 0.3 is 5.97 Å². The molecule has 17 heavy (non-hydrogen) atoms. The Labute approximate surface area is 101 Å². The van der Waals surface area contributed by atoms with Gasteiger partial charge in [0.1, 0.15) is 6.10 Å². The molecule has 0 saturated carbocycles. The monoisotopic (exact) mass is 247 g/mol. The third-order valence-electron chi connectivity index (χ3n) is 2.33. The van der Waals surface area contributed by atoms with Crippen LogP contribution in [0.1, 0.15) is 27.2 Å². The van der Waals surface area contributed by atoms with Crippen LogP contribution in [-0.4, -0.2) is 48.0 Å². The number of hydrogen-bond donors (Lipinski definition) is 3. The van der Waals surface area contributed by atoms with E-state index < -0.39 is 23.4 Å². The van der Waals surface area contributed by atoms with E-state index in [1.165, 1.54) is 0 Å². The SMILES string of the molecule is CCOC(=O)CCNC(=O)C(O)C(C)(C)CO. The van der Waals surface area contributed by atoms with Crippen LogP contribution in [0.15, 0.2) is 0 Å². The Morgan fingerprint density at radius 3 is 2.47 bits per heavy atom.